The average molecular weight is 559 g/mol. The molecular formula is C29H26F8O2. The second-order valence-corrected chi connectivity index (χ2v) is 9.67. The Bertz CT molecular complexity index is 1280. The topological polar surface area (TPSA) is 18.5 Å². The van der Waals surface area contributed by atoms with E-state index in [1.807, 2.05) is 0 Å². The number of hydrogen-bond donors (Lipinski definition) is 0. The van der Waals surface area contributed by atoms with Crippen LogP contribution in [0.2, 0.25) is 0 Å². The number of rotatable bonds is 8. The summed E-state index contributed by atoms with van der Waals surface area (Å²) in [6.07, 6.45) is -3.45. The SMILES string of the molecule is CCCC1CCC(c2ccc(-c3ccc(C(F)(F)Oc4ccc(OC(F)(F)F)c(F)c4)cc3)c(F)c2F)CC1. The highest BCUT2D eigenvalue weighted by Crippen LogP contribution is 2.41. The Labute approximate surface area is 220 Å². The summed E-state index contributed by atoms with van der Waals surface area (Å²) in [6.45, 7) is 2.13. The second-order valence-electron chi connectivity index (χ2n) is 9.67. The van der Waals surface area contributed by atoms with Crippen LogP contribution in [-0.2, 0) is 6.11 Å². The van der Waals surface area contributed by atoms with Gasteiger partial charge in [-0.25, -0.2) is 13.2 Å². The van der Waals surface area contributed by atoms with Crippen LogP contribution >= 0.6 is 0 Å². The van der Waals surface area contributed by atoms with Crippen LogP contribution in [0.5, 0.6) is 11.5 Å². The maximum Gasteiger partial charge on any atom is 0.573 e. The fourth-order valence-corrected chi connectivity index (χ4v) is 5.08. The van der Waals surface area contributed by atoms with Crippen LogP contribution in [0.4, 0.5) is 35.1 Å². The number of benzene rings is 3. The monoisotopic (exact) mass is 558 g/mol. The molecule has 0 radical (unpaired) electrons. The van der Waals surface area contributed by atoms with Crippen molar-refractivity contribution in [2.75, 3.05) is 0 Å². The Balaban J connectivity index is 1.48. The van der Waals surface area contributed by atoms with Gasteiger partial charge in [-0.15, -0.1) is 13.2 Å². The van der Waals surface area contributed by atoms with Gasteiger partial charge in [-0.05, 0) is 72.9 Å². The van der Waals surface area contributed by atoms with Crippen molar-refractivity contribution in [1.29, 1.82) is 0 Å². The minimum atomic E-state index is -5.16. The Morgan fingerprint density at radius 2 is 1.44 bits per heavy atom. The van der Waals surface area contributed by atoms with Crippen molar-refractivity contribution in [3.05, 3.63) is 83.2 Å². The van der Waals surface area contributed by atoms with Gasteiger partial charge in [0.15, 0.2) is 23.2 Å². The lowest BCUT2D eigenvalue weighted by Gasteiger charge is -2.29. The minimum Gasteiger partial charge on any atom is -0.429 e. The zero-order valence-corrected chi connectivity index (χ0v) is 20.9. The van der Waals surface area contributed by atoms with Gasteiger partial charge < -0.3 is 9.47 Å². The quantitative estimate of drug-likeness (QED) is 0.256. The van der Waals surface area contributed by atoms with Gasteiger partial charge in [-0.3, -0.25) is 0 Å². The van der Waals surface area contributed by atoms with Crippen molar-refractivity contribution in [3.63, 3.8) is 0 Å². The largest absolute Gasteiger partial charge is 0.573 e. The predicted molar refractivity (Wildman–Crippen MR) is 129 cm³/mol. The van der Waals surface area contributed by atoms with Crippen molar-refractivity contribution < 1.29 is 44.6 Å². The van der Waals surface area contributed by atoms with Gasteiger partial charge in [0.1, 0.15) is 5.75 Å². The molecule has 0 atom stereocenters. The van der Waals surface area contributed by atoms with Gasteiger partial charge in [0.05, 0.1) is 5.56 Å². The molecule has 0 aromatic heterocycles. The van der Waals surface area contributed by atoms with Crippen LogP contribution in [0.25, 0.3) is 11.1 Å². The fraction of sp³-hybridized carbons (Fsp3) is 0.379. The van der Waals surface area contributed by atoms with E-state index in [9.17, 15) is 26.3 Å². The summed E-state index contributed by atoms with van der Waals surface area (Å²) in [6, 6.07) is 8.73. The van der Waals surface area contributed by atoms with E-state index in [4.69, 9.17) is 0 Å². The lowest BCUT2D eigenvalue weighted by atomic mass is 9.77. The van der Waals surface area contributed by atoms with Gasteiger partial charge in [0, 0.05) is 11.6 Å². The van der Waals surface area contributed by atoms with Crippen LogP contribution in [0.3, 0.4) is 0 Å². The lowest BCUT2D eigenvalue weighted by Crippen LogP contribution is -2.22. The zero-order chi connectivity index (χ0) is 28.4. The van der Waals surface area contributed by atoms with E-state index in [1.54, 1.807) is 6.07 Å². The third-order valence-electron chi connectivity index (χ3n) is 7.00. The van der Waals surface area contributed by atoms with Gasteiger partial charge in [-0.2, -0.15) is 8.78 Å². The highest BCUT2D eigenvalue weighted by Gasteiger charge is 2.36. The van der Waals surface area contributed by atoms with E-state index in [1.165, 1.54) is 18.2 Å². The van der Waals surface area contributed by atoms with Crippen LogP contribution in [-0.4, -0.2) is 6.36 Å². The standard InChI is InChI=1S/C29H26F8O2/c1-2-3-17-4-6-18(7-5-17)22-13-14-23(27(32)26(22)31)19-8-10-20(11-9-19)28(33,34)38-21-12-15-25(24(30)16-21)39-29(35,36)37/h8-18H,2-7H2,1H3. The summed E-state index contributed by atoms with van der Waals surface area (Å²) in [4.78, 5) is 0. The molecule has 0 bridgehead atoms. The summed E-state index contributed by atoms with van der Waals surface area (Å²) in [5, 5.41) is 0. The Kier molecular flexibility index (Phi) is 8.42. The second kappa shape index (κ2) is 11.4. The Morgan fingerprint density at radius 1 is 0.769 bits per heavy atom. The molecule has 0 heterocycles. The summed E-state index contributed by atoms with van der Waals surface area (Å²) in [5.41, 5.74) is -0.303. The first-order valence-corrected chi connectivity index (χ1v) is 12.6. The van der Waals surface area contributed by atoms with Crippen molar-refractivity contribution in [1.82, 2.24) is 0 Å². The van der Waals surface area contributed by atoms with Crippen LogP contribution < -0.4 is 9.47 Å². The Morgan fingerprint density at radius 3 is 2.03 bits per heavy atom. The van der Waals surface area contributed by atoms with Gasteiger partial charge in [0.2, 0.25) is 0 Å². The third kappa shape index (κ3) is 6.83. The molecule has 0 amide bonds. The summed E-state index contributed by atoms with van der Waals surface area (Å²) < 4.78 is 118. The summed E-state index contributed by atoms with van der Waals surface area (Å²) in [5.74, 6) is -4.96. The molecular weight excluding hydrogens is 532 g/mol. The van der Waals surface area contributed by atoms with Crippen molar-refractivity contribution in [2.24, 2.45) is 5.92 Å². The Hall–Kier alpha value is -3.30. The van der Waals surface area contributed by atoms with Crippen molar-refractivity contribution in [2.45, 2.75) is 63.8 Å². The fourth-order valence-electron chi connectivity index (χ4n) is 5.08. The van der Waals surface area contributed by atoms with E-state index in [-0.39, 0.29) is 17.0 Å². The molecule has 210 valence electrons. The number of halogens is 8. The number of ether oxygens (including phenoxy) is 2. The third-order valence-corrected chi connectivity index (χ3v) is 7.00. The van der Waals surface area contributed by atoms with E-state index in [2.05, 4.69) is 16.4 Å². The molecule has 0 spiro atoms. The molecule has 3 aromatic carbocycles. The molecule has 1 aliphatic carbocycles. The minimum absolute atomic E-state index is 0.0706. The molecule has 2 nitrogen and oxygen atoms in total. The first-order chi connectivity index (χ1) is 18.4. The normalized spacial score (nSPS) is 18.2. The van der Waals surface area contributed by atoms with Crippen LogP contribution in [0.15, 0.2) is 54.6 Å². The number of hydrogen-bond acceptors (Lipinski definition) is 2. The highest BCUT2D eigenvalue weighted by atomic mass is 19.4. The highest BCUT2D eigenvalue weighted by molar-refractivity contribution is 5.65. The van der Waals surface area contributed by atoms with Crippen molar-refractivity contribution in [3.8, 4) is 22.6 Å². The zero-order valence-electron chi connectivity index (χ0n) is 20.9. The molecule has 0 N–H and O–H groups in total. The molecule has 10 heteroatoms. The molecule has 39 heavy (non-hydrogen) atoms. The maximum absolute atomic E-state index is 15.0. The van der Waals surface area contributed by atoms with Gasteiger partial charge in [-0.1, -0.05) is 44.0 Å². The molecule has 0 saturated heterocycles. The van der Waals surface area contributed by atoms with E-state index in [0.29, 0.717) is 29.7 Å². The molecule has 1 fully saturated rings. The van der Waals surface area contributed by atoms with E-state index < -0.39 is 47.0 Å². The van der Waals surface area contributed by atoms with Crippen molar-refractivity contribution >= 4 is 0 Å². The molecule has 3 aromatic rings. The van der Waals surface area contributed by atoms with Gasteiger partial charge in [0.25, 0.3) is 0 Å². The van der Waals surface area contributed by atoms with E-state index >= 15 is 8.78 Å². The summed E-state index contributed by atoms with van der Waals surface area (Å²) in [7, 11) is 0. The van der Waals surface area contributed by atoms with Gasteiger partial charge >= 0.3 is 12.5 Å². The molecule has 1 saturated carbocycles. The predicted octanol–water partition coefficient (Wildman–Crippen LogP) is 9.87. The molecule has 4 rings (SSSR count). The average Bonchev–Trinajstić information content (AvgIpc) is 2.87. The molecule has 0 aliphatic heterocycles. The number of alkyl halides is 5. The molecule has 1 aliphatic rings. The van der Waals surface area contributed by atoms with Crippen LogP contribution in [0, 0.1) is 23.4 Å². The van der Waals surface area contributed by atoms with E-state index in [0.717, 1.165) is 50.7 Å². The lowest BCUT2D eigenvalue weighted by molar-refractivity contribution is -0.275. The van der Waals surface area contributed by atoms with Crippen LogP contribution in [0.1, 0.15) is 62.5 Å². The summed E-state index contributed by atoms with van der Waals surface area (Å²) >= 11 is 0. The maximum atomic E-state index is 15.0. The smallest absolute Gasteiger partial charge is 0.429 e. The first kappa shape index (κ1) is 28.7. The molecule has 0 unspecified atom stereocenters. The first-order valence-electron chi connectivity index (χ1n) is 12.6.